The van der Waals surface area contributed by atoms with Crippen molar-refractivity contribution in [1.29, 1.82) is 0 Å². The van der Waals surface area contributed by atoms with Crippen LogP contribution in [0.5, 0.6) is 0 Å². The van der Waals surface area contributed by atoms with Crippen molar-refractivity contribution in [3.8, 4) is 0 Å². The summed E-state index contributed by atoms with van der Waals surface area (Å²) in [5.74, 6) is 1.34. The van der Waals surface area contributed by atoms with E-state index in [-0.39, 0.29) is 5.56 Å². The highest BCUT2D eigenvalue weighted by atomic mass is 35.5. The zero-order chi connectivity index (χ0) is 13.7. The molecule has 1 aromatic rings. The van der Waals surface area contributed by atoms with Crippen molar-refractivity contribution < 1.29 is 9.90 Å². The number of aromatic carboxylic acids is 1. The van der Waals surface area contributed by atoms with Crippen LogP contribution >= 0.6 is 23.4 Å². The van der Waals surface area contributed by atoms with Crippen LogP contribution in [0.2, 0.25) is 5.02 Å². The van der Waals surface area contributed by atoms with Gasteiger partial charge in [0.25, 0.3) is 0 Å². The van der Waals surface area contributed by atoms with Crippen LogP contribution in [-0.4, -0.2) is 16.8 Å². The van der Waals surface area contributed by atoms with Crippen LogP contribution in [0.15, 0.2) is 23.1 Å². The maximum absolute atomic E-state index is 11.0. The van der Waals surface area contributed by atoms with Gasteiger partial charge in [0.15, 0.2) is 0 Å². The van der Waals surface area contributed by atoms with Crippen LogP contribution in [0.3, 0.4) is 0 Å². The fourth-order valence-corrected chi connectivity index (χ4v) is 3.05. The van der Waals surface area contributed by atoms with Gasteiger partial charge in [-0.1, -0.05) is 32.4 Å². The molecule has 0 radical (unpaired) electrons. The summed E-state index contributed by atoms with van der Waals surface area (Å²) in [6, 6.07) is 5.18. The molecule has 100 valence electrons. The molecule has 1 N–H and O–H groups in total. The highest BCUT2D eigenvalue weighted by Gasteiger charge is 2.11. The van der Waals surface area contributed by atoms with E-state index in [0.717, 1.165) is 10.6 Å². The third-order valence-corrected chi connectivity index (χ3v) is 4.23. The van der Waals surface area contributed by atoms with Gasteiger partial charge >= 0.3 is 5.97 Å². The molecule has 1 rings (SSSR count). The van der Waals surface area contributed by atoms with Crippen molar-refractivity contribution in [1.82, 2.24) is 0 Å². The number of carboxylic acid groups (broad SMARTS) is 1. The first-order valence-corrected chi connectivity index (χ1v) is 7.42. The lowest BCUT2D eigenvalue weighted by molar-refractivity contribution is 0.0697. The van der Waals surface area contributed by atoms with Crippen LogP contribution in [0.25, 0.3) is 0 Å². The number of benzene rings is 1. The molecule has 18 heavy (non-hydrogen) atoms. The SMILES string of the molecule is CC(C)CC(C)CSc1ccc(Cl)c(C(=O)O)c1. The highest BCUT2D eigenvalue weighted by Crippen LogP contribution is 2.27. The molecule has 4 heteroatoms. The first-order chi connectivity index (χ1) is 8.40. The van der Waals surface area contributed by atoms with E-state index in [4.69, 9.17) is 16.7 Å². The Bertz CT molecular complexity index is 418. The molecule has 0 fully saturated rings. The molecule has 0 aliphatic heterocycles. The lowest BCUT2D eigenvalue weighted by Gasteiger charge is -2.13. The first-order valence-electron chi connectivity index (χ1n) is 6.05. The van der Waals surface area contributed by atoms with Crippen LogP contribution in [-0.2, 0) is 0 Å². The maximum Gasteiger partial charge on any atom is 0.337 e. The zero-order valence-corrected chi connectivity index (χ0v) is 12.5. The van der Waals surface area contributed by atoms with E-state index >= 15 is 0 Å². The average molecular weight is 287 g/mol. The predicted molar refractivity (Wildman–Crippen MR) is 77.8 cm³/mol. The van der Waals surface area contributed by atoms with Crippen LogP contribution in [0.4, 0.5) is 0 Å². The fourth-order valence-electron chi connectivity index (χ4n) is 1.87. The second kappa shape index (κ2) is 7.05. The second-order valence-electron chi connectivity index (χ2n) is 4.99. The van der Waals surface area contributed by atoms with E-state index in [2.05, 4.69) is 20.8 Å². The van der Waals surface area contributed by atoms with Gasteiger partial charge in [0, 0.05) is 10.6 Å². The molecular weight excluding hydrogens is 268 g/mol. The van der Waals surface area contributed by atoms with Gasteiger partial charge in [0.05, 0.1) is 10.6 Å². The second-order valence-corrected chi connectivity index (χ2v) is 6.49. The summed E-state index contributed by atoms with van der Waals surface area (Å²) in [5, 5.41) is 9.29. The van der Waals surface area contributed by atoms with E-state index in [9.17, 15) is 4.79 Å². The van der Waals surface area contributed by atoms with Gasteiger partial charge in [0.2, 0.25) is 0 Å². The van der Waals surface area contributed by atoms with Crippen molar-refractivity contribution >= 4 is 29.3 Å². The summed E-state index contributed by atoms with van der Waals surface area (Å²) in [5.41, 5.74) is 0.179. The topological polar surface area (TPSA) is 37.3 Å². The third kappa shape index (κ3) is 4.91. The van der Waals surface area contributed by atoms with Gasteiger partial charge in [-0.3, -0.25) is 0 Å². The van der Waals surface area contributed by atoms with Gasteiger partial charge in [-0.25, -0.2) is 4.79 Å². The Balaban J connectivity index is 2.63. The maximum atomic E-state index is 11.0. The fraction of sp³-hybridized carbons (Fsp3) is 0.500. The van der Waals surface area contributed by atoms with Gasteiger partial charge in [-0.05, 0) is 36.5 Å². The number of rotatable bonds is 6. The van der Waals surface area contributed by atoms with Gasteiger partial charge in [-0.15, -0.1) is 11.8 Å². The van der Waals surface area contributed by atoms with Crippen LogP contribution in [0.1, 0.15) is 37.6 Å². The quantitative estimate of drug-likeness (QED) is 0.762. The minimum absolute atomic E-state index is 0.179. The Morgan fingerprint density at radius 2 is 2.06 bits per heavy atom. The van der Waals surface area contributed by atoms with E-state index in [0.29, 0.717) is 16.9 Å². The Hall–Kier alpha value is -0.670. The largest absolute Gasteiger partial charge is 0.478 e. The smallest absolute Gasteiger partial charge is 0.337 e. The zero-order valence-electron chi connectivity index (χ0n) is 10.9. The molecule has 0 aromatic heterocycles. The summed E-state index contributed by atoms with van der Waals surface area (Å²) in [7, 11) is 0. The molecule has 0 aliphatic carbocycles. The highest BCUT2D eigenvalue weighted by molar-refractivity contribution is 7.99. The lowest BCUT2D eigenvalue weighted by atomic mass is 10.0. The Morgan fingerprint density at radius 1 is 1.39 bits per heavy atom. The van der Waals surface area contributed by atoms with E-state index in [1.165, 1.54) is 6.42 Å². The predicted octanol–water partition coefficient (Wildman–Crippen LogP) is 4.81. The number of hydrogen-bond donors (Lipinski definition) is 1. The molecule has 0 bridgehead atoms. The molecule has 2 nitrogen and oxygen atoms in total. The van der Waals surface area contributed by atoms with Crippen molar-refractivity contribution in [3.05, 3.63) is 28.8 Å². The molecule has 0 saturated carbocycles. The lowest BCUT2D eigenvalue weighted by Crippen LogP contribution is -2.03. The standard InChI is InChI=1S/C14H19ClO2S/c1-9(2)6-10(3)8-18-11-4-5-13(15)12(7-11)14(16)17/h4-5,7,9-10H,6,8H2,1-3H3,(H,16,17). The minimum atomic E-state index is -0.974. The molecule has 0 spiro atoms. The van der Waals surface area contributed by atoms with E-state index in [1.807, 2.05) is 6.07 Å². The first kappa shape index (κ1) is 15.4. The normalized spacial score (nSPS) is 12.7. The number of carbonyl (C=O) groups is 1. The molecule has 0 amide bonds. The van der Waals surface area contributed by atoms with Crippen LogP contribution < -0.4 is 0 Å². The number of carboxylic acids is 1. The Labute approximate surface area is 118 Å². The number of thioether (sulfide) groups is 1. The number of hydrogen-bond acceptors (Lipinski definition) is 2. The molecular formula is C14H19ClO2S. The summed E-state index contributed by atoms with van der Waals surface area (Å²) in [4.78, 5) is 11.9. The summed E-state index contributed by atoms with van der Waals surface area (Å²) in [6.45, 7) is 6.65. The molecule has 1 unspecified atom stereocenters. The summed E-state index contributed by atoms with van der Waals surface area (Å²) < 4.78 is 0. The molecule has 0 aliphatic rings. The average Bonchev–Trinajstić information content (AvgIpc) is 2.26. The molecule has 1 atom stereocenters. The van der Waals surface area contributed by atoms with E-state index in [1.54, 1.807) is 23.9 Å². The van der Waals surface area contributed by atoms with E-state index < -0.39 is 5.97 Å². The summed E-state index contributed by atoms with van der Waals surface area (Å²) in [6.07, 6.45) is 1.19. The van der Waals surface area contributed by atoms with Gasteiger partial charge < -0.3 is 5.11 Å². The minimum Gasteiger partial charge on any atom is -0.478 e. The van der Waals surface area contributed by atoms with Crippen molar-refractivity contribution in [2.24, 2.45) is 11.8 Å². The monoisotopic (exact) mass is 286 g/mol. The summed E-state index contributed by atoms with van der Waals surface area (Å²) >= 11 is 7.52. The Morgan fingerprint density at radius 3 is 2.61 bits per heavy atom. The van der Waals surface area contributed by atoms with Gasteiger partial charge in [0.1, 0.15) is 0 Å². The van der Waals surface area contributed by atoms with Crippen molar-refractivity contribution in [2.45, 2.75) is 32.1 Å². The Kier molecular flexibility index (Phi) is 6.03. The van der Waals surface area contributed by atoms with Crippen molar-refractivity contribution in [3.63, 3.8) is 0 Å². The third-order valence-electron chi connectivity index (χ3n) is 2.58. The van der Waals surface area contributed by atoms with Gasteiger partial charge in [-0.2, -0.15) is 0 Å². The van der Waals surface area contributed by atoms with Crippen LogP contribution in [0, 0.1) is 11.8 Å². The number of halogens is 1. The molecule has 0 saturated heterocycles. The molecule has 0 heterocycles. The van der Waals surface area contributed by atoms with Crippen molar-refractivity contribution in [2.75, 3.05) is 5.75 Å². The molecule has 1 aromatic carbocycles.